The van der Waals surface area contributed by atoms with Crippen molar-refractivity contribution in [2.75, 3.05) is 19.6 Å². The molecule has 126 valence electrons. The Morgan fingerprint density at radius 2 is 1.83 bits per heavy atom. The summed E-state index contributed by atoms with van der Waals surface area (Å²) in [4.78, 5) is 12.2. The normalized spacial score (nSPS) is 19.6. The lowest BCUT2D eigenvalue weighted by atomic mass is 9.88. The van der Waals surface area contributed by atoms with Crippen LogP contribution >= 0.6 is 0 Å². The van der Waals surface area contributed by atoms with Gasteiger partial charge in [-0.2, -0.15) is 13.2 Å². The van der Waals surface area contributed by atoms with Crippen molar-refractivity contribution in [1.82, 2.24) is 10.6 Å². The summed E-state index contributed by atoms with van der Waals surface area (Å²) in [6, 6.07) is 3.80. The number of benzene rings is 1. The fraction of sp³-hybridized carbons (Fsp3) is 0.588. The molecular formula is C17H21F3N2O. The predicted octanol–water partition coefficient (Wildman–Crippen LogP) is 3.31. The van der Waals surface area contributed by atoms with Crippen molar-refractivity contribution in [1.29, 1.82) is 0 Å². The predicted molar refractivity (Wildman–Crippen MR) is 81.3 cm³/mol. The summed E-state index contributed by atoms with van der Waals surface area (Å²) in [7, 11) is 0. The zero-order valence-electron chi connectivity index (χ0n) is 12.9. The van der Waals surface area contributed by atoms with Crippen molar-refractivity contribution in [3.63, 3.8) is 0 Å². The van der Waals surface area contributed by atoms with Crippen molar-refractivity contribution < 1.29 is 18.0 Å². The van der Waals surface area contributed by atoms with Gasteiger partial charge in [0.2, 0.25) is 0 Å². The van der Waals surface area contributed by atoms with E-state index in [4.69, 9.17) is 0 Å². The first kappa shape index (κ1) is 16.3. The Hall–Kier alpha value is -1.56. The summed E-state index contributed by atoms with van der Waals surface area (Å²) in [6.45, 7) is 2.14. The van der Waals surface area contributed by atoms with Gasteiger partial charge in [0.05, 0.1) is 5.56 Å². The van der Waals surface area contributed by atoms with Crippen molar-refractivity contribution >= 4 is 5.91 Å². The Bertz CT molecular complexity index is 576. The fourth-order valence-electron chi connectivity index (χ4n) is 3.00. The molecular weight excluding hydrogens is 305 g/mol. The number of amides is 1. The van der Waals surface area contributed by atoms with E-state index in [0.717, 1.165) is 44.8 Å². The van der Waals surface area contributed by atoms with Gasteiger partial charge in [-0.25, -0.2) is 0 Å². The van der Waals surface area contributed by atoms with Crippen LogP contribution in [0.3, 0.4) is 0 Å². The standard InChI is InChI=1S/C17H21F3N2O/c18-17(19,20)15-8-13(12-3-5-21-6-4-12)7-14(9-15)16(23)22-10-11-1-2-11/h7-9,11-12,21H,1-6,10H2,(H,22,23). The SMILES string of the molecule is O=C(NCC1CC1)c1cc(C2CCNCC2)cc(C(F)(F)F)c1. The molecule has 3 nitrogen and oxygen atoms in total. The van der Waals surface area contributed by atoms with Crippen molar-refractivity contribution in [2.24, 2.45) is 5.92 Å². The summed E-state index contributed by atoms with van der Waals surface area (Å²) in [6.07, 6.45) is -0.671. The van der Waals surface area contributed by atoms with E-state index in [0.29, 0.717) is 18.0 Å². The van der Waals surface area contributed by atoms with E-state index in [-0.39, 0.29) is 11.5 Å². The zero-order valence-corrected chi connectivity index (χ0v) is 12.9. The highest BCUT2D eigenvalue weighted by molar-refractivity contribution is 5.94. The Labute approximate surface area is 133 Å². The summed E-state index contributed by atoms with van der Waals surface area (Å²) in [5.74, 6) is 0.167. The van der Waals surface area contributed by atoms with Gasteiger partial charge in [-0.05, 0) is 74.4 Å². The quantitative estimate of drug-likeness (QED) is 0.891. The molecule has 0 spiro atoms. The van der Waals surface area contributed by atoms with Gasteiger partial charge in [0, 0.05) is 12.1 Å². The van der Waals surface area contributed by atoms with E-state index < -0.39 is 17.6 Å². The van der Waals surface area contributed by atoms with Crippen LogP contribution in [0.1, 0.15) is 53.1 Å². The van der Waals surface area contributed by atoms with Crippen molar-refractivity contribution in [2.45, 2.75) is 37.8 Å². The number of hydrogen-bond donors (Lipinski definition) is 2. The fourth-order valence-corrected chi connectivity index (χ4v) is 3.00. The summed E-state index contributed by atoms with van der Waals surface area (Å²) in [5.41, 5.74) is 0.0111. The highest BCUT2D eigenvalue weighted by Crippen LogP contribution is 2.34. The van der Waals surface area contributed by atoms with Gasteiger partial charge in [0.15, 0.2) is 0 Å². The molecule has 1 aliphatic heterocycles. The molecule has 0 aromatic heterocycles. The van der Waals surface area contributed by atoms with Crippen LogP contribution in [-0.4, -0.2) is 25.5 Å². The Kier molecular flexibility index (Phi) is 4.62. The molecule has 1 saturated heterocycles. The van der Waals surface area contributed by atoms with Gasteiger partial charge in [-0.1, -0.05) is 0 Å². The summed E-state index contributed by atoms with van der Waals surface area (Å²) < 4.78 is 39.5. The largest absolute Gasteiger partial charge is 0.416 e. The third kappa shape index (κ3) is 4.25. The Balaban J connectivity index is 1.85. The minimum absolute atomic E-state index is 0.0773. The number of rotatable bonds is 4. The van der Waals surface area contributed by atoms with Crippen LogP contribution in [0.25, 0.3) is 0 Å². The molecule has 6 heteroatoms. The third-order valence-corrected chi connectivity index (χ3v) is 4.60. The zero-order chi connectivity index (χ0) is 16.4. The molecule has 0 atom stereocenters. The molecule has 1 aromatic carbocycles. The number of alkyl halides is 3. The first-order chi connectivity index (χ1) is 10.9. The molecule has 3 rings (SSSR count). The van der Waals surface area contributed by atoms with Crippen molar-refractivity contribution in [3.8, 4) is 0 Å². The lowest BCUT2D eigenvalue weighted by Crippen LogP contribution is -2.28. The highest BCUT2D eigenvalue weighted by atomic mass is 19.4. The van der Waals surface area contributed by atoms with Crippen LogP contribution < -0.4 is 10.6 Å². The van der Waals surface area contributed by atoms with E-state index in [2.05, 4.69) is 10.6 Å². The molecule has 0 radical (unpaired) electrons. The number of halogens is 3. The van der Waals surface area contributed by atoms with E-state index in [1.165, 1.54) is 6.07 Å². The third-order valence-electron chi connectivity index (χ3n) is 4.60. The number of piperidine rings is 1. The maximum atomic E-state index is 13.2. The number of hydrogen-bond acceptors (Lipinski definition) is 2. The molecule has 0 unspecified atom stereocenters. The second-order valence-corrected chi connectivity index (χ2v) is 6.52. The van der Waals surface area contributed by atoms with Crippen LogP contribution in [-0.2, 0) is 6.18 Å². The maximum Gasteiger partial charge on any atom is 0.416 e. The van der Waals surface area contributed by atoms with E-state index in [9.17, 15) is 18.0 Å². The van der Waals surface area contributed by atoms with Gasteiger partial charge in [-0.15, -0.1) is 0 Å². The van der Waals surface area contributed by atoms with Gasteiger partial charge in [-0.3, -0.25) is 4.79 Å². The minimum Gasteiger partial charge on any atom is -0.352 e. The maximum absolute atomic E-state index is 13.2. The van der Waals surface area contributed by atoms with Crippen LogP contribution in [0, 0.1) is 5.92 Å². The molecule has 1 saturated carbocycles. The molecule has 2 aliphatic rings. The summed E-state index contributed by atoms with van der Waals surface area (Å²) in [5, 5.41) is 5.96. The molecule has 1 aliphatic carbocycles. The highest BCUT2D eigenvalue weighted by Gasteiger charge is 2.33. The topological polar surface area (TPSA) is 41.1 Å². The number of carbonyl (C=O) groups is 1. The second kappa shape index (κ2) is 6.51. The molecule has 0 bridgehead atoms. The van der Waals surface area contributed by atoms with Gasteiger partial charge < -0.3 is 10.6 Å². The van der Waals surface area contributed by atoms with Crippen LogP contribution in [0.2, 0.25) is 0 Å². The van der Waals surface area contributed by atoms with Gasteiger partial charge >= 0.3 is 6.18 Å². The Morgan fingerprint density at radius 1 is 1.13 bits per heavy atom. The van der Waals surface area contributed by atoms with Crippen LogP contribution in [0.5, 0.6) is 0 Å². The van der Waals surface area contributed by atoms with Crippen LogP contribution in [0.4, 0.5) is 13.2 Å². The molecule has 1 aromatic rings. The molecule has 23 heavy (non-hydrogen) atoms. The van der Waals surface area contributed by atoms with E-state index in [1.807, 2.05) is 0 Å². The smallest absolute Gasteiger partial charge is 0.352 e. The first-order valence-electron chi connectivity index (χ1n) is 8.14. The monoisotopic (exact) mass is 326 g/mol. The lowest BCUT2D eigenvalue weighted by Gasteiger charge is -2.24. The van der Waals surface area contributed by atoms with Crippen LogP contribution in [0.15, 0.2) is 18.2 Å². The van der Waals surface area contributed by atoms with E-state index >= 15 is 0 Å². The van der Waals surface area contributed by atoms with Gasteiger partial charge in [0.1, 0.15) is 0 Å². The molecule has 2 fully saturated rings. The summed E-state index contributed by atoms with van der Waals surface area (Å²) >= 11 is 0. The van der Waals surface area contributed by atoms with E-state index in [1.54, 1.807) is 6.07 Å². The lowest BCUT2D eigenvalue weighted by molar-refractivity contribution is -0.137. The number of carbonyl (C=O) groups excluding carboxylic acids is 1. The van der Waals surface area contributed by atoms with Crippen molar-refractivity contribution in [3.05, 3.63) is 34.9 Å². The van der Waals surface area contributed by atoms with Gasteiger partial charge in [0.25, 0.3) is 5.91 Å². The molecule has 1 heterocycles. The Morgan fingerprint density at radius 3 is 2.43 bits per heavy atom. The molecule has 2 N–H and O–H groups in total. The minimum atomic E-state index is -4.44. The average molecular weight is 326 g/mol. The first-order valence-corrected chi connectivity index (χ1v) is 8.14. The second-order valence-electron chi connectivity index (χ2n) is 6.52. The number of nitrogens with one attached hydrogen (secondary N) is 2. The molecule has 1 amide bonds. The average Bonchev–Trinajstić information content (AvgIpc) is 3.36.